The molecule has 1 saturated carbocycles. The van der Waals surface area contributed by atoms with Crippen molar-refractivity contribution in [1.29, 1.82) is 0 Å². The fourth-order valence-electron chi connectivity index (χ4n) is 3.03. The Morgan fingerprint density at radius 3 is 2.53 bits per heavy atom. The van der Waals surface area contributed by atoms with Crippen LogP contribution < -0.4 is 5.32 Å². The number of likely N-dealkylation sites (tertiary alicyclic amines) is 1. The second kappa shape index (κ2) is 6.19. The van der Waals surface area contributed by atoms with E-state index in [0.717, 1.165) is 24.0 Å². The molecule has 3 unspecified atom stereocenters. The van der Waals surface area contributed by atoms with E-state index in [1.807, 2.05) is 0 Å². The summed E-state index contributed by atoms with van der Waals surface area (Å²) in [5.74, 6) is 0.869. The van der Waals surface area contributed by atoms with Crippen LogP contribution in [0.1, 0.15) is 59.3 Å². The quantitative estimate of drug-likeness (QED) is 0.733. The van der Waals surface area contributed by atoms with Gasteiger partial charge in [0.15, 0.2) is 0 Å². The molecule has 1 aliphatic heterocycles. The van der Waals surface area contributed by atoms with E-state index in [1.54, 1.807) is 0 Å². The molecule has 0 radical (unpaired) electrons. The van der Waals surface area contributed by atoms with Crippen molar-refractivity contribution >= 4 is 0 Å². The molecule has 2 fully saturated rings. The molecule has 0 amide bonds. The molecule has 17 heavy (non-hydrogen) atoms. The zero-order chi connectivity index (χ0) is 12.3. The van der Waals surface area contributed by atoms with Crippen LogP contribution in [0.5, 0.6) is 0 Å². The molecule has 2 rings (SSSR count). The minimum Gasteiger partial charge on any atom is -0.310 e. The Bertz CT molecular complexity index is 225. The Morgan fingerprint density at radius 2 is 1.94 bits per heavy atom. The van der Waals surface area contributed by atoms with Gasteiger partial charge in [-0.05, 0) is 38.0 Å². The second-order valence-electron chi connectivity index (χ2n) is 6.23. The van der Waals surface area contributed by atoms with Crippen LogP contribution in [0.2, 0.25) is 0 Å². The first-order chi connectivity index (χ1) is 8.22. The molecule has 1 saturated heterocycles. The molecule has 0 aromatic rings. The van der Waals surface area contributed by atoms with Gasteiger partial charge in [-0.25, -0.2) is 0 Å². The third kappa shape index (κ3) is 3.96. The smallest absolute Gasteiger partial charge is 0.0209 e. The van der Waals surface area contributed by atoms with Crippen LogP contribution in [0.15, 0.2) is 0 Å². The molecule has 2 aliphatic rings. The van der Waals surface area contributed by atoms with Crippen molar-refractivity contribution < 1.29 is 0 Å². The van der Waals surface area contributed by atoms with Crippen LogP contribution in [0.3, 0.4) is 0 Å². The third-order valence-electron chi connectivity index (χ3n) is 4.63. The van der Waals surface area contributed by atoms with Gasteiger partial charge in [-0.1, -0.05) is 27.2 Å². The lowest BCUT2D eigenvalue weighted by molar-refractivity contribution is 0.301. The summed E-state index contributed by atoms with van der Waals surface area (Å²) >= 11 is 0. The molecule has 0 bridgehead atoms. The van der Waals surface area contributed by atoms with E-state index in [4.69, 9.17) is 0 Å². The highest BCUT2D eigenvalue weighted by molar-refractivity contribution is 4.92. The average Bonchev–Trinajstić information content (AvgIpc) is 3.09. The summed E-state index contributed by atoms with van der Waals surface area (Å²) in [5, 5.41) is 3.90. The molecule has 3 atom stereocenters. The standard InChI is InChI=1S/C15H30N2/c1-4-12(3)10-13(5-2)16-14-8-9-17(11-14)15-6-7-15/h12-16H,4-11H2,1-3H3. The molecule has 1 aliphatic carbocycles. The van der Waals surface area contributed by atoms with Crippen LogP contribution in [-0.4, -0.2) is 36.1 Å². The van der Waals surface area contributed by atoms with Gasteiger partial charge < -0.3 is 5.32 Å². The maximum Gasteiger partial charge on any atom is 0.0209 e. The van der Waals surface area contributed by atoms with Crippen LogP contribution in [0.25, 0.3) is 0 Å². The maximum absolute atomic E-state index is 3.90. The van der Waals surface area contributed by atoms with E-state index < -0.39 is 0 Å². The fraction of sp³-hybridized carbons (Fsp3) is 1.00. The first-order valence-corrected chi connectivity index (χ1v) is 7.73. The normalized spacial score (nSPS) is 29.5. The van der Waals surface area contributed by atoms with Gasteiger partial charge >= 0.3 is 0 Å². The average molecular weight is 238 g/mol. The molecular weight excluding hydrogens is 208 g/mol. The summed E-state index contributed by atoms with van der Waals surface area (Å²) in [6.07, 6.45) is 8.23. The van der Waals surface area contributed by atoms with Crippen molar-refractivity contribution in [2.45, 2.75) is 77.4 Å². The van der Waals surface area contributed by atoms with Gasteiger partial charge in [0.25, 0.3) is 0 Å². The Balaban J connectivity index is 1.71. The molecule has 2 nitrogen and oxygen atoms in total. The predicted molar refractivity (Wildman–Crippen MR) is 74.3 cm³/mol. The third-order valence-corrected chi connectivity index (χ3v) is 4.63. The van der Waals surface area contributed by atoms with Crippen molar-refractivity contribution in [3.05, 3.63) is 0 Å². The highest BCUT2D eigenvalue weighted by atomic mass is 15.2. The van der Waals surface area contributed by atoms with E-state index in [0.29, 0.717) is 0 Å². The summed E-state index contributed by atoms with van der Waals surface area (Å²) in [4.78, 5) is 2.70. The van der Waals surface area contributed by atoms with Crippen molar-refractivity contribution in [2.24, 2.45) is 5.92 Å². The molecular formula is C15H30N2. The van der Waals surface area contributed by atoms with Crippen LogP contribution in [0.4, 0.5) is 0 Å². The highest BCUT2D eigenvalue weighted by Gasteiger charge is 2.34. The number of hydrogen-bond acceptors (Lipinski definition) is 2. The fourth-order valence-corrected chi connectivity index (χ4v) is 3.03. The lowest BCUT2D eigenvalue weighted by atomic mass is 9.97. The molecule has 100 valence electrons. The SMILES string of the molecule is CCC(C)CC(CC)NC1CCN(C2CC2)C1. The van der Waals surface area contributed by atoms with Crippen molar-refractivity contribution in [3.63, 3.8) is 0 Å². The molecule has 0 spiro atoms. The number of nitrogens with zero attached hydrogens (tertiary/aromatic N) is 1. The van der Waals surface area contributed by atoms with Crippen LogP contribution >= 0.6 is 0 Å². The minimum atomic E-state index is 0.745. The second-order valence-corrected chi connectivity index (χ2v) is 6.23. The minimum absolute atomic E-state index is 0.745. The van der Waals surface area contributed by atoms with Crippen molar-refractivity contribution in [2.75, 3.05) is 13.1 Å². The van der Waals surface area contributed by atoms with E-state index in [-0.39, 0.29) is 0 Å². The molecule has 0 aromatic heterocycles. The monoisotopic (exact) mass is 238 g/mol. The molecule has 2 heteroatoms. The summed E-state index contributed by atoms with van der Waals surface area (Å²) in [6.45, 7) is 9.66. The topological polar surface area (TPSA) is 15.3 Å². The number of rotatable bonds is 7. The Labute approximate surface area is 107 Å². The molecule has 1 N–H and O–H groups in total. The van der Waals surface area contributed by atoms with E-state index in [9.17, 15) is 0 Å². The Hall–Kier alpha value is -0.0800. The Morgan fingerprint density at radius 1 is 1.18 bits per heavy atom. The van der Waals surface area contributed by atoms with E-state index in [2.05, 4.69) is 31.0 Å². The van der Waals surface area contributed by atoms with E-state index >= 15 is 0 Å². The van der Waals surface area contributed by atoms with E-state index in [1.165, 1.54) is 51.6 Å². The van der Waals surface area contributed by atoms with Gasteiger partial charge in [0.2, 0.25) is 0 Å². The largest absolute Gasteiger partial charge is 0.310 e. The van der Waals surface area contributed by atoms with Crippen molar-refractivity contribution in [3.8, 4) is 0 Å². The van der Waals surface area contributed by atoms with Crippen LogP contribution in [0, 0.1) is 5.92 Å². The lowest BCUT2D eigenvalue weighted by Gasteiger charge is -2.24. The molecule has 1 heterocycles. The molecule has 0 aromatic carbocycles. The van der Waals surface area contributed by atoms with Gasteiger partial charge in [-0.2, -0.15) is 0 Å². The number of hydrogen-bond donors (Lipinski definition) is 1. The lowest BCUT2D eigenvalue weighted by Crippen LogP contribution is -2.40. The number of nitrogens with one attached hydrogen (secondary N) is 1. The Kier molecular flexibility index (Phi) is 4.87. The van der Waals surface area contributed by atoms with Gasteiger partial charge in [0.05, 0.1) is 0 Å². The summed E-state index contributed by atoms with van der Waals surface area (Å²) < 4.78 is 0. The zero-order valence-corrected chi connectivity index (χ0v) is 11.9. The zero-order valence-electron chi connectivity index (χ0n) is 11.9. The van der Waals surface area contributed by atoms with Crippen molar-refractivity contribution in [1.82, 2.24) is 10.2 Å². The summed E-state index contributed by atoms with van der Waals surface area (Å²) in [7, 11) is 0. The van der Waals surface area contributed by atoms with Gasteiger partial charge in [-0.15, -0.1) is 0 Å². The maximum atomic E-state index is 3.90. The highest BCUT2D eigenvalue weighted by Crippen LogP contribution is 2.30. The van der Waals surface area contributed by atoms with Gasteiger partial charge in [0.1, 0.15) is 0 Å². The van der Waals surface area contributed by atoms with Gasteiger partial charge in [-0.3, -0.25) is 4.90 Å². The predicted octanol–water partition coefficient (Wildman–Crippen LogP) is 3.03. The van der Waals surface area contributed by atoms with Crippen LogP contribution in [-0.2, 0) is 0 Å². The first kappa shape index (κ1) is 13.4. The van der Waals surface area contributed by atoms with Gasteiger partial charge in [0, 0.05) is 31.2 Å². The summed E-state index contributed by atoms with van der Waals surface area (Å²) in [5.41, 5.74) is 0. The first-order valence-electron chi connectivity index (χ1n) is 7.73. The summed E-state index contributed by atoms with van der Waals surface area (Å²) in [6, 6.07) is 2.47.